The SMILES string of the molecule is Cc1cccc(S(=O)(=O)N2CCNCC2C)c1Br.Cl. The van der Waals surface area contributed by atoms with Crippen molar-refractivity contribution in [3.05, 3.63) is 28.2 Å². The van der Waals surface area contributed by atoms with E-state index in [1.165, 1.54) is 0 Å². The topological polar surface area (TPSA) is 49.4 Å². The normalized spacial score (nSPS) is 20.9. The average Bonchev–Trinajstić information content (AvgIpc) is 2.32. The number of sulfonamides is 1. The van der Waals surface area contributed by atoms with Gasteiger partial charge in [-0.1, -0.05) is 12.1 Å². The maximum atomic E-state index is 12.6. The Balaban J connectivity index is 0.00000180. The van der Waals surface area contributed by atoms with E-state index in [4.69, 9.17) is 0 Å². The zero-order valence-corrected chi connectivity index (χ0v) is 14.1. The van der Waals surface area contributed by atoms with Gasteiger partial charge in [-0.2, -0.15) is 4.31 Å². The predicted octanol–water partition coefficient (Wildman–Crippen LogP) is 2.16. The third-order valence-electron chi connectivity index (χ3n) is 3.18. The van der Waals surface area contributed by atoms with E-state index in [1.54, 1.807) is 16.4 Å². The summed E-state index contributed by atoms with van der Waals surface area (Å²) in [6, 6.07) is 5.31. The van der Waals surface area contributed by atoms with Crippen molar-refractivity contribution in [2.45, 2.75) is 24.8 Å². The molecule has 4 nitrogen and oxygen atoms in total. The molecule has 0 spiro atoms. The Labute approximate surface area is 129 Å². The Kier molecular flexibility index (Phi) is 5.82. The molecule has 1 atom stereocenters. The van der Waals surface area contributed by atoms with Gasteiger partial charge in [-0.15, -0.1) is 12.4 Å². The molecule has 1 aromatic rings. The average molecular weight is 370 g/mol. The van der Waals surface area contributed by atoms with Crippen molar-refractivity contribution in [2.24, 2.45) is 0 Å². The number of aryl methyl sites for hydroxylation is 1. The van der Waals surface area contributed by atoms with Crippen LogP contribution < -0.4 is 5.32 Å². The van der Waals surface area contributed by atoms with Gasteiger partial charge in [0.2, 0.25) is 10.0 Å². The molecule has 1 N–H and O–H groups in total. The van der Waals surface area contributed by atoms with Gasteiger partial charge < -0.3 is 5.32 Å². The molecule has 0 bridgehead atoms. The highest BCUT2D eigenvalue weighted by molar-refractivity contribution is 9.10. The summed E-state index contributed by atoms with van der Waals surface area (Å²) in [5, 5.41) is 3.20. The van der Waals surface area contributed by atoms with Crippen molar-refractivity contribution in [1.29, 1.82) is 0 Å². The molecular weight excluding hydrogens is 352 g/mol. The van der Waals surface area contributed by atoms with E-state index >= 15 is 0 Å². The van der Waals surface area contributed by atoms with Gasteiger partial charge in [0, 0.05) is 30.1 Å². The van der Waals surface area contributed by atoms with Crippen LogP contribution in [-0.4, -0.2) is 38.4 Å². The van der Waals surface area contributed by atoms with Crippen molar-refractivity contribution in [1.82, 2.24) is 9.62 Å². The van der Waals surface area contributed by atoms with Crippen LogP contribution in [0.2, 0.25) is 0 Å². The molecule has 0 aromatic heterocycles. The summed E-state index contributed by atoms with van der Waals surface area (Å²) in [5.74, 6) is 0. The van der Waals surface area contributed by atoms with E-state index in [0.29, 0.717) is 29.0 Å². The largest absolute Gasteiger partial charge is 0.314 e. The smallest absolute Gasteiger partial charge is 0.244 e. The first-order valence-corrected chi connectivity index (χ1v) is 8.15. The summed E-state index contributed by atoms with van der Waals surface area (Å²) in [6.45, 7) is 5.73. The Hall–Kier alpha value is -0.140. The molecule has 0 saturated carbocycles. The molecule has 1 aliphatic heterocycles. The maximum Gasteiger partial charge on any atom is 0.244 e. The van der Waals surface area contributed by atoms with E-state index in [1.807, 2.05) is 19.9 Å². The number of hydrogen-bond acceptors (Lipinski definition) is 3. The summed E-state index contributed by atoms with van der Waals surface area (Å²) >= 11 is 3.38. The molecule has 1 unspecified atom stereocenters. The van der Waals surface area contributed by atoms with Gasteiger partial charge in [-0.25, -0.2) is 8.42 Å². The number of nitrogens with one attached hydrogen (secondary N) is 1. The van der Waals surface area contributed by atoms with Gasteiger partial charge in [-0.3, -0.25) is 0 Å². The van der Waals surface area contributed by atoms with Crippen LogP contribution in [0.5, 0.6) is 0 Å². The van der Waals surface area contributed by atoms with Crippen LogP contribution in [0.25, 0.3) is 0 Å². The van der Waals surface area contributed by atoms with Crippen molar-refractivity contribution >= 4 is 38.4 Å². The highest BCUT2D eigenvalue weighted by Crippen LogP contribution is 2.29. The van der Waals surface area contributed by atoms with E-state index in [2.05, 4.69) is 21.2 Å². The monoisotopic (exact) mass is 368 g/mol. The summed E-state index contributed by atoms with van der Waals surface area (Å²) in [4.78, 5) is 0.358. The molecule has 108 valence electrons. The molecule has 1 fully saturated rings. The van der Waals surface area contributed by atoms with Crippen molar-refractivity contribution < 1.29 is 8.42 Å². The van der Waals surface area contributed by atoms with Crippen molar-refractivity contribution in [2.75, 3.05) is 19.6 Å². The third kappa shape index (κ3) is 3.31. The van der Waals surface area contributed by atoms with Gasteiger partial charge in [0.25, 0.3) is 0 Å². The summed E-state index contributed by atoms with van der Waals surface area (Å²) in [6.07, 6.45) is 0. The van der Waals surface area contributed by atoms with Crippen molar-refractivity contribution in [3.63, 3.8) is 0 Å². The highest BCUT2D eigenvalue weighted by Gasteiger charge is 2.32. The Morgan fingerprint density at radius 1 is 1.42 bits per heavy atom. The fourth-order valence-electron chi connectivity index (χ4n) is 2.13. The molecule has 1 saturated heterocycles. The summed E-state index contributed by atoms with van der Waals surface area (Å²) < 4.78 is 27.5. The first kappa shape index (κ1) is 16.9. The van der Waals surface area contributed by atoms with Crippen LogP contribution >= 0.6 is 28.3 Å². The number of nitrogens with zero attached hydrogens (tertiary/aromatic N) is 1. The van der Waals surface area contributed by atoms with E-state index < -0.39 is 10.0 Å². The van der Waals surface area contributed by atoms with E-state index in [9.17, 15) is 8.42 Å². The minimum absolute atomic E-state index is 0. The number of halogens is 2. The molecule has 0 amide bonds. The van der Waals surface area contributed by atoms with Crippen LogP contribution in [0.4, 0.5) is 0 Å². The molecule has 0 radical (unpaired) electrons. The van der Waals surface area contributed by atoms with Gasteiger partial charge in [0.15, 0.2) is 0 Å². The molecule has 19 heavy (non-hydrogen) atoms. The lowest BCUT2D eigenvalue weighted by Gasteiger charge is -2.33. The highest BCUT2D eigenvalue weighted by atomic mass is 79.9. The minimum atomic E-state index is -3.42. The number of hydrogen-bond donors (Lipinski definition) is 1. The molecule has 1 aliphatic rings. The molecule has 2 rings (SSSR count). The zero-order valence-electron chi connectivity index (χ0n) is 10.9. The number of rotatable bonds is 2. The van der Waals surface area contributed by atoms with Gasteiger partial charge in [0.05, 0.1) is 4.90 Å². The fraction of sp³-hybridized carbons (Fsp3) is 0.500. The van der Waals surface area contributed by atoms with Gasteiger partial charge in [-0.05, 0) is 41.4 Å². The predicted molar refractivity (Wildman–Crippen MR) is 82.4 cm³/mol. The maximum absolute atomic E-state index is 12.6. The number of piperazine rings is 1. The Bertz CT molecular complexity index is 551. The second-order valence-corrected chi connectivity index (χ2v) is 7.21. The van der Waals surface area contributed by atoms with Crippen LogP contribution in [0.1, 0.15) is 12.5 Å². The first-order chi connectivity index (χ1) is 8.44. The Morgan fingerprint density at radius 2 is 2.11 bits per heavy atom. The lowest BCUT2D eigenvalue weighted by atomic mass is 10.2. The minimum Gasteiger partial charge on any atom is -0.314 e. The van der Waals surface area contributed by atoms with E-state index in [0.717, 1.165) is 5.56 Å². The van der Waals surface area contributed by atoms with E-state index in [-0.39, 0.29) is 18.4 Å². The summed E-state index contributed by atoms with van der Waals surface area (Å²) in [5.41, 5.74) is 0.930. The zero-order chi connectivity index (χ0) is 13.3. The molecule has 7 heteroatoms. The van der Waals surface area contributed by atoms with Gasteiger partial charge >= 0.3 is 0 Å². The third-order valence-corrected chi connectivity index (χ3v) is 6.55. The number of benzene rings is 1. The molecule has 1 heterocycles. The lowest BCUT2D eigenvalue weighted by molar-refractivity contribution is 0.283. The molecule has 0 aliphatic carbocycles. The quantitative estimate of drug-likeness (QED) is 0.869. The molecular formula is C12H18BrClN2O2S. The summed E-state index contributed by atoms with van der Waals surface area (Å²) in [7, 11) is -3.42. The fourth-order valence-corrected chi connectivity index (χ4v) is 4.77. The Morgan fingerprint density at radius 3 is 2.74 bits per heavy atom. The molecule has 1 aromatic carbocycles. The van der Waals surface area contributed by atoms with Crippen LogP contribution in [0.3, 0.4) is 0 Å². The van der Waals surface area contributed by atoms with Crippen molar-refractivity contribution in [3.8, 4) is 0 Å². The second kappa shape index (κ2) is 6.54. The van der Waals surface area contributed by atoms with Crippen LogP contribution in [0.15, 0.2) is 27.6 Å². The first-order valence-electron chi connectivity index (χ1n) is 5.92. The lowest BCUT2D eigenvalue weighted by Crippen LogP contribution is -2.52. The van der Waals surface area contributed by atoms with Crippen LogP contribution in [-0.2, 0) is 10.0 Å². The van der Waals surface area contributed by atoms with Gasteiger partial charge in [0.1, 0.15) is 0 Å². The standard InChI is InChI=1S/C12H17BrN2O2S.ClH/c1-9-4-3-5-11(12(9)13)18(16,17)15-7-6-14-8-10(15)2;/h3-5,10,14H,6-8H2,1-2H3;1H. The van der Waals surface area contributed by atoms with Crippen LogP contribution in [0, 0.1) is 6.92 Å². The second-order valence-electron chi connectivity index (χ2n) is 4.56.